The van der Waals surface area contributed by atoms with Crippen LogP contribution in [0.3, 0.4) is 0 Å². The van der Waals surface area contributed by atoms with Crippen LogP contribution in [0.1, 0.15) is 71.6 Å². The van der Waals surface area contributed by atoms with Crippen molar-refractivity contribution >= 4 is 17.9 Å². The molecule has 234 valence electrons. The zero-order valence-electron chi connectivity index (χ0n) is 25.0. The average molecular weight is 591 g/mol. The molecule has 0 amide bonds. The van der Waals surface area contributed by atoms with E-state index in [1.54, 1.807) is 0 Å². The number of aliphatic hydroxyl groups excluding tert-OH is 1. The van der Waals surface area contributed by atoms with E-state index in [1.165, 1.54) is 21.0 Å². The smallest absolute Gasteiger partial charge is 0.334 e. The van der Waals surface area contributed by atoms with Crippen LogP contribution in [0.4, 0.5) is 0 Å². The lowest BCUT2D eigenvalue weighted by atomic mass is 9.87. The van der Waals surface area contributed by atoms with E-state index >= 15 is 0 Å². The molecule has 1 heterocycles. The van der Waals surface area contributed by atoms with E-state index in [0.717, 1.165) is 25.0 Å². The molecule has 7 atom stereocenters. The van der Waals surface area contributed by atoms with Crippen LogP contribution in [0.15, 0.2) is 42.5 Å². The summed E-state index contributed by atoms with van der Waals surface area (Å²) in [6, 6.07) is 9.63. The Labute approximate surface area is 248 Å². The number of esters is 3. The lowest BCUT2D eigenvalue weighted by molar-refractivity contribution is -0.193. The standard InChI is InChI=1S/C32H46O10/c1-22(33)40-25(16-18-28(35)32(36)37-3)15-17-27-26(13-7-9-19-38-24-11-5-4-6-12-24)30(21-29(27)41-23(2)34)42-31-14-8-10-20-39-31/h4-7,11-13,25-31,35H,8-10,14-21H2,1-3H3/b13-7+/t25?,26-,27-,28?,29+,30-,31?/m1/s1. The molecule has 42 heavy (non-hydrogen) atoms. The van der Waals surface area contributed by atoms with Crippen molar-refractivity contribution in [2.75, 3.05) is 20.3 Å². The number of ether oxygens (including phenoxy) is 6. The summed E-state index contributed by atoms with van der Waals surface area (Å²) in [5.41, 5.74) is 0. The van der Waals surface area contributed by atoms with Crippen LogP contribution < -0.4 is 4.74 Å². The summed E-state index contributed by atoms with van der Waals surface area (Å²) < 4.78 is 34.1. The van der Waals surface area contributed by atoms with Gasteiger partial charge in [0.25, 0.3) is 0 Å². The fourth-order valence-corrected chi connectivity index (χ4v) is 5.73. The van der Waals surface area contributed by atoms with Crippen LogP contribution in [0.2, 0.25) is 0 Å². The zero-order valence-corrected chi connectivity index (χ0v) is 25.0. The highest BCUT2D eigenvalue weighted by atomic mass is 16.7. The third-order valence-corrected chi connectivity index (χ3v) is 7.69. The summed E-state index contributed by atoms with van der Waals surface area (Å²) in [4.78, 5) is 35.6. The number of para-hydroxylation sites is 1. The second kappa shape index (κ2) is 17.9. The van der Waals surface area contributed by atoms with Gasteiger partial charge in [-0.15, -0.1) is 0 Å². The van der Waals surface area contributed by atoms with E-state index in [9.17, 15) is 19.5 Å². The highest BCUT2D eigenvalue weighted by Crippen LogP contribution is 2.42. The summed E-state index contributed by atoms with van der Waals surface area (Å²) in [5.74, 6) is -0.900. The minimum atomic E-state index is -1.30. The normalized spacial score (nSPS) is 25.5. The Balaban J connectivity index is 1.72. The summed E-state index contributed by atoms with van der Waals surface area (Å²) in [6.07, 6.45) is 6.97. The number of carbonyl (C=O) groups excluding carboxylic acids is 3. The molecule has 1 N–H and O–H groups in total. The van der Waals surface area contributed by atoms with Gasteiger partial charge in [-0.1, -0.05) is 30.4 Å². The number of hydrogen-bond acceptors (Lipinski definition) is 10. The Morgan fingerprint density at radius 3 is 2.50 bits per heavy atom. The maximum Gasteiger partial charge on any atom is 0.334 e. The molecule has 2 fully saturated rings. The first-order chi connectivity index (χ1) is 20.3. The second-order valence-corrected chi connectivity index (χ2v) is 10.9. The summed E-state index contributed by atoms with van der Waals surface area (Å²) in [6.45, 7) is 3.90. The van der Waals surface area contributed by atoms with Gasteiger partial charge in [-0.05, 0) is 63.5 Å². The van der Waals surface area contributed by atoms with Crippen molar-refractivity contribution in [1.29, 1.82) is 0 Å². The Hall–Kier alpha value is -2.95. The van der Waals surface area contributed by atoms with Gasteiger partial charge in [0.1, 0.15) is 18.0 Å². The molecule has 10 nitrogen and oxygen atoms in total. The van der Waals surface area contributed by atoms with E-state index in [0.29, 0.717) is 38.9 Å². The first kappa shape index (κ1) is 33.6. The van der Waals surface area contributed by atoms with Crippen molar-refractivity contribution in [2.45, 2.75) is 102 Å². The predicted molar refractivity (Wildman–Crippen MR) is 153 cm³/mol. The van der Waals surface area contributed by atoms with Crippen molar-refractivity contribution < 1.29 is 47.9 Å². The Bertz CT molecular complexity index is 990. The molecule has 2 aliphatic rings. The number of hydrogen-bond donors (Lipinski definition) is 1. The zero-order chi connectivity index (χ0) is 30.3. The van der Waals surface area contributed by atoms with Crippen molar-refractivity contribution in [1.82, 2.24) is 0 Å². The molecule has 10 heteroatoms. The van der Waals surface area contributed by atoms with Crippen LogP contribution in [-0.4, -0.2) is 74.0 Å². The number of carbonyl (C=O) groups is 3. The van der Waals surface area contributed by atoms with E-state index in [2.05, 4.69) is 16.9 Å². The van der Waals surface area contributed by atoms with Crippen LogP contribution in [0.5, 0.6) is 5.75 Å². The van der Waals surface area contributed by atoms with Gasteiger partial charge in [-0.25, -0.2) is 4.79 Å². The van der Waals surface area contributed by atoms with Gasteiger partial charge in [0, 0.05) is 38.7 Å². The van der Waals surface area contributed by atoms with Gasteiger partial charge in [0.2, 0.25) is 0 Å². The minimum absolute atomic E-state index is 0.0739. The van der Waals surface area contributed by atoms with Crippen LogP contribution >= 0.6 is 0 Å². The van der Waals surface area contributed by atoms with Gasteiger partial charge in [-0.3, -0.25) is 9.59 Å². The first-order valence-corrected chi connectivity index (χ1v) is 15.0. The van der Waals surface area contributed by atoms with Crippen molar-refractivity contribution in [3.63, 3.8) is 0 Å². The minimum Gasteiger partial charge on any atom is -0.493 e. The fourth-order valence-electron chi connectivity index (χ4n) is 5.73. The van der Waals surface area contributed by atoms with Gasteiger partial charge in [-0.2, -0.15) is 0 Å². The number of rotatable bonds is 16. The van der Waals surface area contributed by atoms with E-state index in [-0.39, 0.29) is 49.1 Å². The van der Waals surface area contributed by atoms with Gasteiger partial charge in [0.05, 0.1) is 19.8 Å². The molecule has 3 unspecified atom stereocenters. The number of methoxy groups -OCH3 is 1. The summed E-state index contributed by atoms with van der Waals surface area (Å²) >= 11 is 0. The maximum atomic E-state index is 12.1. The fraction of sp³-hybridized carbons (Fsp3) is 0.656. The molecule has 0 radical (unpaired) electrons. The van der Waals surface area contributed by atoms with Crippen LogP contribution in [0, 0.1) is 11.8 Å². The molecule has 1 aromatic rings. The molecule has 1 aromatic carbocycles. The Morgan fingerprint density at radius 1 is 1.05 bits per heavy atom. The van der Waals surface area contributed by atoms with Gasteiger partial charge in [0.15, 0.2) is 12.4 Å². The van der Waals surface area contributed by atoms with E-state index in [1.807, 2.05) is 30.3 Å². The molecule has 1 saturated heterocycles. The molecule has 1 aliphatic heterocycles. The highest BCUT2D eigenvalue weighted by Gasteiger charge is 2.45. The molecule has 0 aromatic heterocycles. The van der Waals surface area contributed by atoms with E-state index < -0.39 is 24.1 Å². The molecule has 0 bridgehead atoms. The lowest BCUT2D eigenvalue weighted by Crippen LogP contribution is -2.31. The number of aliphatic hydroxyl groups is 1. The predicted octanol–water partition coefficient (Wildman–Crippen LogP) is 4.52. The first-order valence-electron chi connectivity index (χ1n) is 15.0. The third kappa shape index (κ3) is 11.4. The average Bonchev–Trinajstić information content (AvgIpc) is 3.28. The van der Waals surface area contributed by atoms with Crippen molar-refractivity contribution in [2.24, 2.45) is 11.8 Å². The summed E-state index contributed by atoms with van der Waals surface area (Å²) in [7, 11) is 1.21. The van der Waals surface area contributed by atoms with Crippen LogP contribution in [-0.2, 0) is 38.1 Å². The Morgan fingerprint density at radius 2 is 1.83 bits per heavy atom. The van der Waals surface area contributed by atoms with Crippen LogP contribution in [0.25, 0.3) is 0 Å². The van der Waals surface area contributed by atoms with E-state index in [4.69, 9.17) is 23.7 Å². The molecule has 3 rings (SSSR count). The third-order valence-electron chi connectivity index (χ3n) is 7.69. The quantitative estimate of drug-likeness (QED) is 0.127. The van der Waals surface area contributed by atoms with Crippen molar-refractivity contribution in [3.8, 4) is 5.75 Å². The molecular weight excluding hydrogens is 544 g/mol. The highest BCUT2D eigenvalue weighted by molar-refractivity contribution is 5.74. The summed E-state index contributed by atoms with van der Waals surface area (Å²) in [5, 5.41) is 10.0. The maximum absolute atomic E-state index is 12.1. The molecule has 0 spiro atoms. The monoisotopic (exact) mass is 590 g/mol. The second-order valence-electron chi connectivity index (χ2n) is 10.9. The molecular formula is C32H46O10. The molecule has 1 aliphatic carbocycles. The van der Waals surface area contributed by atoms with Gasteiger partial charge < -0.3 is 33.5 Å². The van der Waals surface area contributed by atoms with Crippen molar-refractivity contribution in [3.05, 3.63) is 42.5 Å². The lowest BCUT2D eigenvalue weighted by Gasteiger charge is -2.29. The largest absolute Gasteiger partial charge is 0.493 e. The topological polar surface area (TPSA) is 127 Å². The SMILES string of the molecule is COC(=O)C(O)CCC(CC[C@@H]1[C@@H](/C=C/CCOc2ccccc2)[C@H](OC2CCCCO2)C[C@@H]1OC(C)=O)OC(C)=O. The molecule has 1 saturated carbocycles. The Kier molecular flexibility index (Phi) is 14.3. The number of benzene rings is 1. The van der Waals surface area contributed by atoms with Gasteiger partial charge >= 0.3 is 17.9 Å².